The Morgan fingerprint density at radius 1 is 0.909 bits per heavy atom. The maximum Gasteiger partial charge on any atom is 0.320 e. The molecule has 0 aliphatic carbocycles. The third-order valence-corrected chi connectivity index (χ3v) is 2.96. The number of ether oxygens (including phenoxy) is 2. The van der Waals surface area contributed by atoms with Crippen LogP contribution in [0.3, 0.4) is 0 Å². The van der Waals surface area contributed by atoms with E-state index in [-0.39, 0.29) is 13.2 Å². The number of rotatable bonds is 10. The Balaban J connectivity index is 4.42. The molecule has 0 heterocycles. The van der Waals surface area contributed by atoms with Gasteiger partial charge >= 0.3 is 11.9 Å². The lowest BCUT2D eigenvalue weighted by Gasteiger charge is -2.14. The van der Waals surface area contributed by atoms with Crippen molar-refractivity contribution >= 4 is 11.9 Å². The molecule has 0 unspecified atom stereocenters. The first kappa shape index (κ1) is 20.1. The molecule has 0 saturated heterocycles. The molecule has 0 aromatic heterocycles. The molecule has 0 saturated carbocycles. The van der Waals surface area contributed by atoms with Crippen molar-refractivity contribution in [1.29, 1.82) is 0 Å². The minimum atomic E-state index is -0.837. The topological polar surface area (TPSA) is 52.6 Å². The normalized spacial score (nSPS) is 9.27. The molecule has 0 spiro atoms. The largest absolute Gasteiger partial charge is 0.464 e. The van der Waals surface area contributed by atoms with Crippen molar-refractivity contribution in [2.75, 3.05) is 13.2 Å². The summed E-state index contributed by atoms with van der Waals surface area (Å²) in [7, 11) is 0. The Hall–Kier alpha value is -1.94. The number of carbonyl (C=O) groups is 2. The lowest BCUT2D eigenvalue weighted by Crippen LogP contribution is -2.28. The van der Waals surface area contributed by atoms with Crippen LogP contribution in [0.5, 0.6) is 0 Å². The zero-order valence-corrected chi connectivity index (χ0v) is 13.9. The van der Waals surface area contributed by atoms with Gasteiger partial charge in [0, 0.05) is 12.8 Å². The van der Waals surface area contributed by atoms with E-state index >= 15 is 0 Å². The van der Waals surface area contributed by atoms with Gasteiger partial charge in [-0.05, 0) is 20.3 Å². The summed E-state index contributed by atoms with van der Waals surface area (Å²) in [5, 5.41) is 0. The maximum absolute atomic E-state index is 12.0. The van der Waals surface area contributed by atoms with Gasteiger partial charge in [-0.2, -0.15) is 0 Å². The van der Waals surface area contributed by atoms with E-state index in [4.69, 9.17) is 9.47 Å². The van der Waals surface area contributed by atoms with Gasteiger partial charge in [0.1, 0.15) is 13.2 Å². The summed E-state index contributed by atoms with van der Waals surface area (Å²) in [6.45, 7) is 5.94. The van der Waals surface area contributed by atoms with Crippen LogP contribution in [-0.4, -0.2) is 25.2 Å². The summed E-state index contributed by atoms with van der Waals surface area (Å²) in [6, 6.07) is 0. The minimum absolute atomic E-state index is 0.207. The molecule has 0 fully saturated rings. The average molecular weight is 306 g/mol. The van der Waals surface area contributed by atoms with Crippen LogP contribution in [0.1, 0.15) is 59.3 Å². The van der Waals surface area contributed by atoms with Crippen LogP contribution < -0.4 is 0 Å². The van der Waals surface area contributed by atoms with Crippen LogP contribution in [0, 0.1) is 29.6 Å². The fourth-order valence-electron chi connectivity index (χ4n) is 1.79. The van der Waals surface area contributed by atoms with E-state index in [1.165, 1.54) is 0 Å². The summed E-state index contributed by atoms with van der Waals surface area (Å²) in [5.74, 6) is 9.22. The van der Waals surface area contributed by atoms with E-state index in [2.05, 4.69) is 30.6 Å². The number of esters is 2. The molecule has 0 N–H and O–H groups in total. The highest BCUT2D eigenvalue weighted by Gasteiger charge is 2.29. The van der Waals surface area contributed by atoms with Crippen LogP contribution in [0.15, 0.2) is 0 Å². The molecular weight excluding hydrogens is 280 g/mol. The van der Waals surface area contributed by atoms with Gasteiger partial charge in [0.05, 0.1) is 0 Å². The van der Waals surface area contributed by atoms with Crippen molar-refractivity contribution in [1.82, 2.24) is 0 Å². The van der Waals surface area contributed by atoms with E-state index in [1.54, 1.807) is 13.8 Å². The molecule has 0 radical (unpaired) electrons. The van der Waals surface area contributed by atoms with Gasteiger partial charge < -0.3 is 9.47 Å². The average Bonchev–Trinajstić information content (AvgIpc) is 2.52. The zero-order chi connectivity index (χ0) is 16.6. The Kier molecular flexibility index (Phi) is 12.8. The first-order valence-corrected chi connectivity index (χ1v) is 7.79. The van der Waals surface area contributed by atoms with Crippen LogP contribution in [0.4, 0.5) is 0 Å². The lowest BCUT2D eigenvalue weighted by molar-refractivity contribution is -0.162. The third kappa shape index (κ3) is 9.88. The summed E-state index contributed by atoms with van der Waals surface area (Å²) < 4.78 is 10.2. The highest BCUT2D eigenvalue weighted by atomic mass is 16.6. The van der Waals surface area contributed by atoms with Gasteiger partial charge in [0.25, 0.3) is 0 Å². The SMILES string of the molecule is CC#CCCOC(=O)C(CCCCC)C(=O)OCCC#CC. The molecular formula is C18H26O4. The third-order valence-electron chi connectivity index (χ3n) is 2.96. The van der Waals surface area contributed by atoms with E-state index in [9.17, 15) is 9.59 Å². The second-order valence-corrected chi connectivity index (χ2v) is 4.74. The summed E-state index contributed by atoms with van der Waals surface area (Å²) in [4.78, 5) is 24.1. The van der Waals surface area contributed by atoms with Gasteiger partial charge in [-0.3, -0.25) is 9.59 Å². The smallest absolute Gasteiger partial charge is 0.320 e. The van der Waals surface area contributed by atoms with Crippen LogP contribution >= 0.6 is 0 Å². The van der Waals surface area contributed by atoms with Crippen molar-refractivity contribution < 1.29 is 19.1 Å². The lowest BCUT2D eigenvalue weighted by atomic mass is 10.0. The second kappa shape index (κ2) is 14.0. The molecule has 0 rings (SSSR count). The van der Waals surface area contributed by atoms with E-state index < -0.39 is 17.9 Å². The molecule has 4 nitrogen and oxygen atoms in total. The molecule has 0 bridgehead atoms. The molecule has 0 aliphatic rings. The van der Waals surface area contributed by atoms with Gasteiger partial charge in [-0.15, -0.1) is 23.7 Å². The quantitative estimate of drug-likeness (QED) is 0.269. The summed E-state index contributed by atoms with van der Waals surface area (Å²) >= 11 is 0. The molecule has 0 atom stereocenters. The Bertz CT molecular complexity index is 407. The van der Waals surface area contributed by atoms with Crippen molar-refractivity contribution in [3.05, 3.63) is 0 Å². The second-order valence-electron chi connectivity index (χ2n) is 4.74. The van der Waals surface area contributed by atoms with E-state index in [1.807, 2.05) is 0 Å². The maximum atomic E-state index is 12.0. The molecule has 4 heteroatoms. The van der Waals surface area contributed by atoms with Crippen molar-refractivity contribution in [3.8, 4) is 23.7 Å². The molecule has 0 aromatic carbocycles. The Morgan fingerprint density at radius 3 is 1.82 bits per heavy atom. The summed E-state index contributed by atoms with van der Waals surface area (Å²) in [5.41, 5.74) is 0. The standard InChI is InChI=1S/C18H26O4/c1-4-7-10-13-16(17(19)21-14-11-8-5-2)18(20)22-15-12-9-6-3/h16H,4,7,10-15H2,1-3H3. The first-order valence-electron chi connectivity index (χ1n) is 7.79. The van der Waals surface area contributed by atoms with Crippen LogP contribution in [-0.2, 0) is 19.1 Å². The molecule has 0 amide bonds. The highest BCUT2D eigenvalue weighted by molar-refractivity contribution is 5.94. The summed E-state index contributed by atoms with van der Waals surface area (Å²) in [6.07, 6.45) is 4.21. The van der Waals surface area contributed by atoms with Crippen molar-refractivity contribution in [3.63, 3.8) is 0 Å². The van der Waals surface area contributed by atoms with Crippen LogP contribution in [0.2, 0.25) is 0 Å². The fraction of sp³-hybridized carbons (Fsp3) is 0.667. The van der Waals surface area contributed by atoms with Gasteiger partial charge in [0.2, 0.25) is 0 Å². The highest BCUT2D eigenvalue weighted by Crippen LogP contribution is 2.14. The Morgan fingerprint density at radius 2 is 1.41 bits per heavy atom. The minimum Gasteiger partial charge on any atom is -0.464 e. The molecule has 0 aliphatic heterocycles. The monoisotopic (exact) mass is 306 g/mol. The van der Waals surface area contributed by atoms with Gasteiger partial charge in [-0.1, -0.05) is 26.2 Å². The number of hydrogen-bond donors (Lipinski definition) is 0. The molecule has 122 valence electrons. The number of carbonyl (C=O) groups excluding carboxylic acids is 2. The van der Waals surface area contributed by atoms with Gasteiger partial charge in [0.15, 0.2) is 5.92 Å². The van der Waals surface area contributed by atoms with Crippen LogP contribution in [0.25, 0.3) is 0 Å². The van der Waals surface area contributed by atoms with E-state index in [0.717, 1.165) is 19.3 Å². The Labute approximate surface area is 133 Å². The first-order chi connectivity index (χ1) is 10.7. The number of hydrogen-bond acceptors (Lipinski definition) is 4. The zero-order valence-electron chi connectivity index (χ0n) is 13.9. The molecule has 22 heavy (non-hydrogen) atoms. The van der Waals surface area contributed by atoms with Crippen molar-refractivity contribution in [2.45, 2.75) is 59.3 Å². The predicted octanol–water partition coefficient (Wildman–Crippen LogP) is 3.10. The van der Waals surface area contributed by atoms with Crippen molar-refractivity contribution in [2.24, 2.45) is 5.92 Å². The van der Waals surface area contributed by atoms with Gasteiger partial charge in [-0.25, -0.2) is 0 Å². The molecule has 0 aromatic rings. The number of unbranched alkanes of at least 4 members (excludes halogenated alkanes) is 2. The van der Waals surface area contributed by atoms with E-state index in [0.29, 0.717) is 19.3 Å². The fourth-order valence-corrected chi connectivity index (χ4v) is 1.79. The predicted molar refractivity (Wildman–Crippen MR) is 85.7 cm³/mol.